The van der Waals surface area contributed by atoms with Gasteiger partial charge in [-0.05, 0) is 38.6 Å². The summed E-state index contributed by atoms with van der Waals surface area (Å²) >= 11 is 0. The molecule has 0 radical (unpaired) electrons. The van der Waals surface area contributed by atoms with Gasteiger partial charge in [-0.3, -0.25) is 9.80 Å². The van der Waals surface area contributed by atoms with Crippen LogP contribution in [-0.2, 0) is 6.54 Å². The smallest absolute Gasteiger partial charge is 0.335 e. The molecule has 1 heterocycles. The fraction of sp³-hybridized carbons (Fsp3) is 0.533. The van der Waals surface area contributed by atoms with Crippen molar-refractivity contribution in [3.63, 3.8) is 0 Å². The minimum absolute atomic E-state index is 0.368. The first kappa shape index (κ1) is 14.0. The lowest BCUT2D eigenvalue weighted by Gasteiger charge is -2.42. The number of carboxylic acids is 1. The summed E-state index contributed by atoms with van der Waals surface area (Å²) < 4.78 is 0. The number of piperazine rings is 1. The van der Waals surface area contributed by atoms with E-state index >= 15 is 0 Å². The predicted octanol–water partition coefficient (Wildman–Crippen LogP) is 1.91. The highest BCUT2D eigenvalue weighted by Crippen LogP contribution is 2.16. The van der Waals surface area contributed by atoms with Crippen LogP contribution in [0.1, 0.15) is 29.8 Å². The fourth-order valence-electron chi connectivity index (χ4n) is 2.70. The van der Waals surface area contributed by atoms with Crippen molar-refractivity contribution in [1.29, 1.82) is 0 Å². The van der Waals surface area contributed by atoms with Crippen LogP contribution in [0.5, 0.6) is 0 Å². The summed E-state index contributed by atoms with van der Waals surface area (Å²) in [6.07, 6.45) is 0. The van der Waals surface area contributed by atoms with Gasteiger partial charge in [0.2, 0.25) is 0 Å². The van der Waals surface area contributed by atoms with Gasteiger partial charge in [0.1, 0.15) is 0 Å². The second-order valence-electron chi connectivity index (χ2n) is 5.56. The predicted molar refractivity (Wildman–Crippen MR) is 75.4 cm³/mol. The van der Waals surface area contributed by atoms with Crippen LogP contribution in [0.3, 0.4) is 0 Å². The topological polar surface area (TPSA) is 43.8 Å². The fourth-order valence-corrected chi connectivity index (χ4v) is 2.70. The minimum atomic E-state index is -0.859. The van der Waals surface area contributed by atoms with Crippen molar-refractivity contribution >= 4 is 5.97 Å². The van der Waals surface area contributed by atoms with E-state index in [9.17, 15) is 4.79 Å². The largest absolute Gasteiger partial charge is 0.478 e. The number of benzene rings is 1. The van der Waals surface area contributed by atoms with E-state index in [0.717, 1.165) is 25.2 Å². The normalized spacial score (nSPS) is 25.4. The Morgan fingerprint density at radius 2 is 1.95 bits per heavy atom. The van der Waals surface area contributed by atoms with E-state index in [1.54, 1.807) is 12.1 Å². The van der Waals surface area contributed by atoms with Crippen LogP contribution in [-0.4, -0.2) is 53.1 Å². The third kappa shape index (κ3) is 3.33. The summed E-state index contributed by atoms with van der Waals surface area (Å²) in [6.45, 7) is 7.34. The second-order valence-corrected chi connectivity index (χ2v) is 5.56. The molecule has 1 aromatic rings. The van der Waals surface area contributed by atoms with Crippen LogP contribution in [0, 0.1) is 0 Å². The Morgan fingerprint density at radius 1 is 1.32 bits per heavy atom. The monoisotopic (exact) mass is 262 g/mol. The third-order valence-corrected chi connectivity index (χ3v) is 4.02. The molecule has 2 rings (SSSR count). The maximum Gasteiger partial charge on any atom is 0.335 e. The number of carboxylic acid groups (broad SMARTS) is 1. The number of rotatable bonds is 3. The molecule has 2 atom stereocenters. The first-order chi connectivity index (χ1) is 8.97. The molecule has 4 nitrogen and oxygen atoms in total. The number of aromatic carboxylic acids is 1. The van der Waals surface area contributed by atoms with Crippen LogP contribution in [0.15, 0.2) is 24.3 Å². The van der Waals surface area contributed by atoms with E-state index in [1.807, 2.05) is 12.1 Å². The van der Waals surface area contributed by atoms with Gasteiger partial charge in [-0.25, -0.2) is 4.79 Å². The second kappa shape index (κ2) is 5.72. The Labute approximate surface area is 114 Å². The van der Waals surface area contributed by atoms with Crippen molar-refractivity contribution in [2.24, 2.45) is 0 Å². The van der Waals surface area contributed by atoms with Gasteiger partial charge in [-0.1, -0.05) is 12.1 Å². The molecule has 0 bridgehead atoms. The lowest BCUT2D eigenvalue weighted by molar-refractivity contribution is 0.0555. The molecule has 4 heteroatoms. The number of carbonyl (C=O) groups is 1. The van der Waals surface area contributed by atoms with Gasteiger partial charge < -0.3 is 5.11 Å². The molecule has 0 aliphatic carbocycles. The maximum atomic E-state index is 11.0. The standard InChI is InChI=1S/C15H22N2O2/c1-11-8-17(9-12(2)16(11)3)10-13-5-4-6-14(7-13)15(18)19/h4-7,11-12H,8-10H2,1-3H3,(H,18,19). The average Bonchev–Trinajstić information content (AvgIpc) is 2.36. The lowest BCUT2D eigenvalue weighted by atomic mass is 10.1. The van der Waals surface area contributed by atoms with Crippen LogP contribution < -0.4 is 0 Å². The Bertz CT molecular complexity index is 449. The van der Waals surface area contributed by atoms with Crippen molar-refractivity contribution < 1.29 is 9.90 Å². The molecule has 0 saturated carbocycles. The summed E-state index contributed by atoms with van der Waals surface area (Å²) in [4.78, 5) is 15.8. The summed E-state index contributed by atoms with van der Waals surface area (Å²) in [5, 5.41) is 9.01. The van der Waals surface area contributed by atoms with Crippen molar-refractivity contribution in [2.75, 3.05) is 20.1 Å². The van der Waals surface area contributed by atoms with Gasteiger partial charge in [-0.15, -0.1) is 0 Å². The molecule has 1 saturated heterocycles. The Kier molecular flexibility index (Phi) is 4.22. The van der Waals surface area contributed by atoms with Crippen molar-refractivity contribution in [3.8, 4) is 0 Å². The van der Waals surface area contributed by atoms with Gasteiger partial charge in [0.05, 0.1) is 5.56 Å². The van der Waals surface area contributed by atoms with Crippen LogP contribution in [0.2, 0.25) is 0 Å². The molecule has 1 aliphatic heterocycles. The van der Waals surface area contributed by atoms with Crippen molar-refractivity contribution in [2.45, 2.75) is 32.5 Å². The van der Waals surface area contributed by atoms with Gasteiger partial charge in [0, 0.05) is 31.7 Å². The highest BCUT2D eigenvalue weighted by molar-refractivity contribution is 5.87. The van der Waals surface area contributed by atoms with Crippen molar-refractivity contribution in [3.05, 3.63) is 35.4 Å². The zero-order valence-electron chi connectivity index (χ0n) is 11.8. The van der Waals surface area contributed by atoms with Gasteiger partial charge in [-0.2, -0.15) is 0 Å². The molecular formula is C15H22N2O2. The summed E-state index contributed by atoms with van der Waals surface area (Å²) in [6, 6.07) is 8.30. The van der Waals surface area contributed by atoms with Gasteiger partial charge >= 0.3 is 5.97 Å². The quantitative estimate of drug-likeness (QED) is 0.903. The van der Waals surface area contributed by atoms with Crippen LogP contribution in [0.4, 0.5) is 0 Å². The number of likely N-dealkylation sites (N-methyl/N-ethyl adjacent to an activating group) is 1. The Hall–Kier alpha value is -1.39. The van der Waals surface area contributed by atoms with Gasteiger partial charge in [0.25, 0.3) is 0 Å². The van der Waals surface area contributed by atoms with E-state index < -0.39 is 5.97 Å². The minimum Gasteiger partial charge on any atom is -0.478 e. The summed E-state index contributed by atoms with van der Waals surface area (Å²) in [5.74, 6) is -0.859. The summed E-state index contributed by atoms with van der Waals surface area (Å²) in [5.41, 5.74) is 1.44. The molecule has 0 amide bonds. The molecule has 1 aromatic carbocycles. The Balaban J connectivity index is 2.05. The first-order valence-corrected chi connectivity index (χ1v) is 6.74. The molecular weight excluding hydrogens is 240 g/mol. The SMILES string of the molecule is CC1CN(Cc2cccc(C(=O)O)c2)CC(C)N1C. The number of nitrogens with zero attached hydrogens (tertiary/aromatic N) is 2. The molecule has 104 valence electrons. The van der Waals surface area contributed by atoms with E-state index in [2.05, 4.69) is 30.7 Å². The molecule has 1 fully saturated rings. The molecule has 1 N–H and O–H groups in total. The number of hydrogen-bond donors (Lipinski definition) is 1. The highest BCUT2D eigenvalue weighted by Gasteiger charge is 2.26. The molecule has 19 heavy (non-hydrogen) atoms. The maximum absolute atomic E-state index is 11.0. The van der Waals surface area contributed by atoms with Crippen LogP contribution >= 0.6 is 0 Å². The molecule has 2 unspecified atom stereocenters. The third-order valence-electron chi connectivity index (χ3n) is 4.02. The average molecular weight is 262 g/mol. The molecule has 1 aliphatic rings. The van der Waals surface area contributed by atoms with E-state index in [0.29, 0.717) is 17.6 Å². The van der Waals surface area contributed by atoms with E-state index in [4.69, 9.17) is 5.11 Å². The molecule has 0 spiro atoms. The zero-order valence-corrected chi connectivity index (χ0v) is 11.8. The van der Waals surface area contributed by atoms with E-state index in [1.165, 1.54) is 0 Å². The lowest BCUT2D eigenvalue weighted by Crippen LogP contribution is -2.54. The van der Waals surface area contributed by atoms with Crippen LogP contribution in [0.25, 0.3) is 0 Å². The highest BCUT2D eigenvalue weighted by atomic mass is 16.4. The molecule has 0 aromatic heterocycles. The van der Waals surface area contributed by atoms with Crippen molar-refractivity contribution in [1.82, 2.24) is 9.80 Å². The van der Waals surface area contributed by atoms with E-state index in [-0.39, 0.29) is 0 Å². The summed E-state index contributed by atoms with van der Waals surface area (Å²) in [7, 11) is 2.16. The van der Waals surface area contributed by atoms with Gasteiger partial charge in [0.15, 0.2) is 0 Å². The number of hydrogen-bond acceptors (Lipinski definition) is 3. The first-order valence-electron chi connectivity index (χ1n) is 6.74. The Morgan fingerprint density at radius 3 is 2.53 bits per heavy atom. The zero-order chi connectivity index (χ0) is 14.0.